The number of carbonyl (C=O) groups is 1. The minimum absolute atomic E-state index is 0.101. The van der Waals surface area contributed by atoms with Crippen molar-refractivity contribution in [1.82, 2.24) is 9.80 Å². The molecule has 1 unspecified atom stereocenters. The molecular weight excluding hydrogens is 178 g/mol. The molecule has 0 radical (unpaired) electrons. The molecule has 1 aliphatic heterocycles. The quantitative estimate of drug-likeness (QED) is 0.552. The summed E-state index contributed by atoms with van der Waals surface area (Å²) in [5, 5.41) is 0. The zero-order chi connectivity index (χ0) is 10.6. The van der Waals surface area contributed by atoms with Crippen molar-refractivity contribution in [2.75, 3.05) is 33.2 Å². The third kappa shape index (κ3) is 2.47. The summed E-state index contributed by atoms with van der Waals surface area (Å²) in [7, 11) is 2.04. The van der Waals surface area contributed by atoms with Crippen LogP contribution >= 0.6 is 0 Å². The van der Waals surface area contributed by atoms with E-state index >= 15 is 0 Å². The number of likely N-dealkylation sites (N-methyl/N-ethyl adjacent to an activating group) is 1. The van der Waals surface area contributed by atoms with Crippen molar-refractivity contribution in [2.45, 2.75) is 13.0 Å². The standard InChI is InChI=1S/C10H17N3O/c1-3-4-10(14)13-6-5-12(2)8-9(13)7-11/h9H,5-8,11H2,1-2H3. The van der Waals surface area contributed by atoms with Crippen LogP contribution in [0.4, 0.5) is 0 Å². The lowest BCUT2D eigenvalue weighted by atomic mass is 10.1. The van der Waals surface area contributed by atoms with Gasteiger partial charge in [-0.25, -0.2) is 0 Å². The zero-order valence-electron chi connectivity index (χ0n) is 8.79. The summed E-state index contributed by atoms with van der Waals surface area (Å²) in [5.41, 5.74) is 5.62. The third-order valence-corrected chi connectivity index (χ3v) is 2.45. The molecule has 0 aromatic carbocycles. The lowest BCUT2D eigenvalue weighted by Gasteiger charge is -2.38. The molecule has 14 heavy (non-hydrogen) atoms. The first-order chi connectivity index (χ1) is 6.69. The van der Waals surface area contributed by atoms with E-state index in [1.165, 1.54) is 0 Å². The number of nitrogens with zero attached hydrogens (tertiary/aromatic N) is 2. The van der Waals surface area contributed by atoms with Crippen molar-refractivity contribution in [1.29, 1.82) is 0 Å². The molecule has 0 aromatic rings. The first-order valence-electron chi connectivity index (χ1n) is 4.81. The second-order valence-electron chi connectivity index (χ2n) is 3.53. The highest BCUT2D eigenvalue weighted by Gasteiger charge is 2.26. The molecule has 2 N–H and O–H groups in total. The van der Waals surface area contributed by atoms with Crippen molar-refractivity contribution in [3.63, 3.8) is 0 Å². The summed E-state index contributed by atoms with van der Waals surface area (Å²) in [6.45, 7) is 4.64. The van der Waals surface area contributed by atoms with Gasteiger partial charge in [0.15, 0.2) is 0 Å². The topological polar surface area (TPSA) is 49.6 Å². The van der Waals surface area contributed by atoms with Crippen molar-refractivity contribution >= 4 is 5.91 Å². The molecule has 78 valence electrons. The van der Waals surface area contributed by atoms with E-state index in [0.29, 0.717) is 6.54 Å². The van der Waals surface area contributed by atoms with Crippen LogP contribution in [-0.4, -0.2) is 55.0 Å². The third-order valence-electron chi connectivity index (χ3n) is 2.45. The van der Waals surface area contributed by atoms with Crippen LogP contribution in [0.5, 0.6) is 0 Å². The Labute approximate surface area is 85.0 Å². The first-order valence-corrected chi connectivity index (χ1v) is 4.81. The molecule has 1 amide bonds. The van der Waals surface area contributed by atoms with Gasteiger partial charge in [-0.1, -0.05) is 5.92 Å². The lowest BCUT2D eigenvalue weighted by Crippen LogP contribution is -2.56. The molecule has 0 aromatic heterocycles. The molecule has 4 heteroatoms. The van der Waals surface area contributed by atoms with E-state index in [1.54, 1.807) is 11.8 Å². The molecule has 0 bridgehead atoms. The average molecular weight is 195 g/mol. The van der Waals surface area contributed by atoms with Gasteiger partial charge in [0.25, 0.3) is 5.91 Å². The van der Waals surface area contributed by atoms with Crippen LogP contribution in [-0.2, 0) is 4.79 Å². The van der Waals surface area contributed by atoms with Crippen LogP contribution in [0.2, 0.25) is 0 Å². The van der Waals surface area contributed by atoms with E-state index < -0.39 is 0 Å². The number of hydrogen-bond donors (Lipinski definition) is 1. The van der Waals surface area contributed by atoms with Crippen molar-refractivity contribution in [3.05, 3.63) is 0 Å². The first kappa shape index (κ1) is 11.0. The maximum absolute atomic E-state index is 11.6. The van der Waals surface area contributed by atoms with Gasteiger partial charge in [0, 0.05) is 26.2 Å². The summed E-state index contributed by atoms with van der Waals surface area (Å²) < 4.78 is 0. The smallest absolute Gasteiger partial charge is 0.298 e. The Morgan fingerprint density at radius 3 is 2.86 bits per heavy atom. The van der Waals surface area contributed by atoms with Gasteiger partial charge in [0.1, 0.15) is 0 Å². The second kappa shape index (κ2) is 4.99. The van der Waals surface area contributed by atoms with Gasteiger partial charge in [0.05, 0.1) is 6.04 Å². The summed E-state index contributed by atoms with van der Waals surface area (Å²) in [6, 6.07) is 0.113. The molecular formula is C10H17N3O. The minimum atomic E-state index is -0.101. The van der Waals surface area contributed by atoms with E-state index in [-0.39, 0.29) is 11.9 Å². The van der Waals surface area contributed by atoms with Crippen molar-refractivity contribution in [2.24, 2.45) is 5.73 Å². The summed E-state index contributed by atoms with van der Waals surface area (Å²) in [5.74, 6) is 5.08. The van der Waals surface area contributed by atoms with E-state index in [2.05, 4.69) is 16.7 Å². The largest absolute Gasteiger partial charge is 0.328 e. The molecule has 4 nitrogen and oxygen atoms in total. The van der Waals surface area contributed by atoms with Crippen LogP contribution < -0.4 is 5.73 Å². The van der Waals surface area contributed by atoms with Gasteiger partial charge >= 0.3 is 0 Å². The van der Waals surface area contributed by atoms with E-state index in [1.807, 2.05) is 7.05 Å². The Morgan fingerprint density at radius 1 is 1.57 bits per heavy atom. The average Bonchev–Trinajstić information content (AvgIpc) is 2.17. The molecule has 0 saturated carbocycles. The minimum Gasteiger partial charge on any atom is -0.328 e. The van der Waals surface area contributed by atoms with Crippen LogP contribution in [0, 0.1) is 11.8 Å². The number of nitrogens with two attached hydrogens (primary N) is 1. The molecule has 1 aliphatic rings. The Morgan fingerprint density at radius 2 is 2.29 bits per heavy atom. The van der Waals surface area contributed by atoms with E-state index in [9.17, 15) is 4.79 Å². The molecule has 0 aliphatic carbocycles. The molecule has 0 spiro atoms. The fourth-order valence-corrected chi connectivity index (χ4v) is 1.66. The Bertz CT molecular complexity index is 266. The monoisotopic (exact) mass is 195 g/mol. The summed E-state index contributed by atoms with van der Waals surface area (Å²) >= 11 is 0. The van der Waals surface area contributed by atoms with Crippen molar-refractivity contribution in [3.8, 4) is 11.8 Å². The van der Waals surface area contributed by atoms with Crippen molar-refractivity contribution < 1.29 is 4.79 Å². The van der Waals surface area contributed by atoms with E-state index in [4.69, 9.17) is 5.73 Å². The SMILES string of the molecule is CC#CC(=O)N1CCN(C)CC1CN. The van der Waals surface area contributed by atoms with E-state index in [0.717, 1.165) is 19.6 Å². The fraction of sp³-hybridized carbons (Fsp3) is 0.700. The lowest BCUT2D eigenvalue weighted by molar-refractivity contribution is -0.129. The van der Waals surface area contributed by atoms with Gasteiger partial charge in [-0.3, -0.25) is 4.79 Å². The van der Waals surface area contributed by atoms with Gasteiger partial charge in [-0.05, 0) is 19.9 Å². The predicted molar refractivity (Wildman–Crippen MR) is 55.5 cm³/mol. The predicted octanol–water partition coefficient (Wildman–Crippen LogP) is -0.889. The summed E-state index contributed by atoms with van der Waals surface area (Å²) in [4.78, 5) is 15.5. The maximum Gasteiger partial charge on any atom is 0.298 e. The zero-order valence-corrected chi connectivity index (χ0v) is 8.79. The molecule has 1 rings (SSSR count). The van der Waals surface area contributed by atoms with Crippen LogP contribution in [0.1, 0.15) is 6.92 Å². The maximum atomic E-state index is 11.6. The number of rotatable bonds is 1. The van der Waals surface area contributed by atoms with Gasteiger partial charge < -0.3 is 15.5 Å². The molecule has 1 saturated heterocycles. The van der Waals surface area contributed by atoms with Gasteiger partial charge in [-0.15, -0.1) is 0 Å². The fourth-order valence-electron chi connectivity index (χ4n) is 1.66. The highest BCUT2D eigenvalue weighted by molar-refractivity contribution is 5.93. The molecule has 1 heterocycles. The van der Waals surface area contributed by atoms with Crippen LogP contribution in [0.25, 0.3) is 0 Å². The Hall–Kier alpha value is -1.05. The Balaban J connectivity index is 2.65. The van der Waals surface area contributed by atoms with Crippen LogP contribution in [0.15, 0.2) is 0 Å². The summed E-state index contributed by atoms with van der Waals surface area (Å²) in [6.07, 6.45) is 0. The molecule has 1 fully saturated rings. The number of carbonyl (C=O) groups excluding carboxylic acids is 1. The normalized spacial score (nSPS) is 22.8. The van der Waals surface area contributed by atoms with Gasteiger partial charge in [-0.2, -0.15) is 0 Å². The molecule has 1 atom stereocenters. The number of piperazine rings is 1. The van der Waals surface area contributed by atoms with Crippen LogP contribution in [0.3, 0.4) is 0 Å². The van der Waals surface area contributed by atoms with Gasteiger partial charge in [0.2, 0.25) is 0 Å². The second-order valence-corrected chi connectivity index (χ2v) is 3.53. The highest BCUT2D eigenvalue weighted by Crippen LogP contribution is 2.07. The number of amides is 1. The highest BCUT2D eigenvalue weighted by atomic mass is 16.2. The Kier molecular flexibility index (Phi) is 3.93. The number of hydrogen-bond acceptors (Lipinski definition) is 3.